The summed E-state index contributed by atoms with van der Waals surface area (Å²) in [5.41, 5.74) is 0.577. The van der Waals surface area contributed by atoms with Gasteiger partial charge in [-0.25, -0.2) is 4.79 Å². The molecule has 1 atom stereocenters. The van der Waals surface area contributed by atoms with Crippen LogP contribution in [-0.2, 0) is 4.74 Å². The molecule has 1 aliphatic heterocycles. The third kappa shape index (κ3) is 4.31. The SMILES string of the molecule is CC(C)(C)OC(=O)N1CCC(C#Cc2ccccc2)C1. The number of benzene rings is 1. The summed E-state index contributed by atoms with van der Waals surface area (Å²) in [7, 11) is 0. The van der Waals surface area contributed by atoms with E-state index in [0.29, 0.717) is 6.54 Å². The fourth-order valence-electron chi connectivity index (χ4n) is 2.08. The highest BCUT2D eigenvalue weighted by molar-refractivity contribution is 5.68. The largest absolute Gasteiger partial charge is 0.444 e. The molecular weight excluding hydrogens is 250 g/mol. The topological polar surface area (TPSA) is 29.5 Å². The van der Waals surface area contributed by atoms with Gasteiger partial charge >= 0.3 is 6.09 Å². The highest BCUT2D eigenvalue weighted by atomic mass is 16.6. The van der Waals surface area contributed by atoms with Crippen LogP contribution in [0.15, 0.2) is 30.3 Å². The van der Waals surface area contributed by atoms with Gasteiger partial charge in [-0.3, -0.25) is 0 Å². The first-order valence-corrected chi connectivity index (χ1v) is 6.98. The number of ether oxygens (including phenoxy) is 1. The molecular formula is C17H21NO2. The van der Waals surface area contributed by atoms with E-state index in [1.807, 2.05) is 51.1 Å². The molecule has 0 N–H and O–H groups in total. The Morgan fingerprint density at radius 3 is 2.65 bits per heavy atom. The molecule has 0 radical (unpaired) electrons. The zero-order valence-corrected chi connectivity index (χ0v) is 12.3. The molecule has 1 fully saturated rings. The van der Waals surface area contributed by atoms with E-state index in [-0.39, 0.29) is 12.0 Å². The quantitative estimate of drug-likeness (QED) is 0.678. The summed E-state index contributed by atoms with van der Waals surface area (Å²) in [5.74, 6) is 6.65. The maximum absolute atomic E-state index is 11.9. The van der Waals surface area contributed by atoms with Crippen molar-refractivity contribution in [2.24, 2.45) is 5.92 Å². The van der Waals surface area contributed by atoms with Gasteiger partial charge in [-0.1, -0.05) is 30.0 Å². The van der Waals surface area contributed by atoms with Gasteiger partial charge < -0.3 is 9.64 Å². The van der Waals surface area contributed by atoms with Crippen LogP contribution in [0.4, 0.5) is 4.79 Å². The van der Waals surface area contributed by atoms with E-state index in [0.717, 1.165) is 18.5 Å². The zero-order chi connectivity index (χ0) is 14.6. The number of likely N-dealkylation sites (tertiary alicyclic amines) is 1. The first-order chi connectivity index (χ1) is 9.44. The Bertz CT molecular complexity index is 519. The summed E-state index contributed by atoms with van der Waals surface area (Å²) in [4.78, 5) is 13.7. The molecule has 0 spiro atoms. The van der Waals surface area contributed by atoms with Crippen molar-refractivity contribution in [2.45, 2.75) is 32.8 Å². The number of amides is 1. The van der Waals surface area contributed by atoms with E-state index in [1.54, 1.807) is 4.90 Å². The van der Waals surface area contributed by atoms with Crippen molar-refractivity contribution < 1.29 is 9.53 Å². The minimum absolute atomic E-state index is 0.235. The molecule has 1 heterocycles. The van der Waals surface area contributed by atoms with Crippen LogP contribution >= 0.6 is 0 Å². The molecule has 1 unspecified atom stereocenters. The standard InChI is InChI=1S/C17H21NO2/c1-17(2,3)20-16(19)18-12-11-15(13-18)10-9-14-7-5-4-6-8-14/h4-8,15H,11-13H2,1-3H3. The number of rotatable bonds is 0. The summed E-state index contributed by atoms with van der Waals surface area (Å²) < 4.78 is 5.37. The molecule has 1 saturated heterocycles. The van der Waals surface area contributed by atoms with Crippen LogP contribution in [0.3, 0.4) is 0 Å². The summed E-state index contributed by atoms with van der Waals surface area (Å²) >= 11 is 0. The molecule has 106 valence electrons. The van der Waals surface area contributed by atoms with E-state index < -0.39 is 5.60 Å². The maximum atomic E-state index is 11.9. The van der Waals surface area contributed by atoms with Gasteiger partial charge in [-0.2, -0.15) is 0 Å². The Labute approximate surface area is 120 Å². The summed E-state index contributed by atoms with van der Waals surface area (Å²) in [6.45, 7) is 7.03. The molecule has 0 aromatic heterocycles. The molecule has 3 nitrogen and oxygen atoms in total. The van der Waals surface area contributed by atoms with E-state index in [1.165, 1.54) is 0 Å². The first kappa shape index (κ1) is 14.5. The Morgan fingerprint density at radius 1 is 1.30 bits per heavy atom. The third-order valence-corrected chi connectivity index (χ3v) is 3.03. The summed E-state index contributed by atoms with van der Waals surface area (Å²) in [5, 5.41) is 0. The van der Waals surface area contributed by atoms with Crippen molar-refractivity contribution in [3.8, 4) is 11.8 Å². The molecule has 20 heavy (non-hydrogen) atoms. The van der Waals surface area contributed by atoms with Crippen LogP contribution < -0.4 is 0 Å². The molecule has 1 aromatic carbocycles. The predicted molar refractivity (Wildman–Crippen MR) is 79.2 cm³/mol. The molecule has 2 rings (SSSR count). The van der Waals surface area contributed by atoms with Gasteiger partial charge in [0.05, 0.1) is 0 Å². The predicted octanol–water partition coefficient (Wildman–Crippen LogP) is 3.30. The Kier molecular flexibility index (Phi) is 4.34. The molecule has 1 aromatic rings. The second kappa shape index (κ2) is 6.00. The molecule has 1 amide bonds. The van der Waals surface area contributed by atoms with Gasteiger partial charge in [-0.05, 0) is 39.3 Å². The molecule has 1 aliphatic rings. The van der Waals surface area contributed by atoms with Crippen molar-refractivity contribution >= 4 is 6.09 Å². The normalized spacial score (nSPS) is 18.4. The fourth-order valence-corrected chi connectivity index (χ4v) is 2.08. The maximum Gasteiger partial charge on any atom is 0.410 e. The lowest BCUT2D eigenvalue weighted by molar-refractivity contribution is 0.0291. The highest BCUT2D eigenvalue weighted by Gasteiger charge is 2.28. The minimum Gasteiger partial charge on any atom is -0.444 e. The van der Waals surface area contributed by atoms with E-state index in [9.17, 15) is 4.79 Å². The van der Waals surface area contributed by atoms with Crippen molar-refractivity contribution in [1.82, 2.24) is 4.90 Å². The molecule has 0 bridgehead atoms. The van der Waals surface area contributed by atoms with E-state index in [4.69, 9.17) is 4.74 Å². The second-order valence-electron chi connectivity index (χ2n) is 6.05. The van der Waals surface area contributed by atoms with Crippen molar-refractivity contribution in [2.75, 3.05) is 13.1 Å². The smallest absolute Gasteiger partial charge is 0.410 e. The number of carbonyl (C=O) groups excluding carboxylic acids is 1. The molecule has 0 aliphatic carbocycles. The van der Waals surface area contributed by atoms with Gasteiger partial charge in [0, 0.05) is 24.6 Å². The van der Waals surface area contributed by atoms with Gasteiger partial charge in [0.25, 0.3) is 0 Å². The molecule has 3 heteroatoms. The van der Waals surface area contributed by atoms with Crippen molar-refractivity contribution in [3.05, 3.63) is 35.9 Å². The lowest BCUT2D eigenvalue weighted by Crippen LogP contribution is -2.35. The van der Waals surface area contributed by atoms with Gasteiger partial charge in [0.1, 0.15) is 5.60 Å². The molecule has 0 saturated carbocycles. The van der Waals surface area contributed by atoms with Gasteiger partial charge in [-0.15, -0.1) is 0 Å². The Hall–Kier alpha value is -1.95. The van der Waals surface area contributed by atoms with E-state index in [2.05, 4.69) is 11.8 Å². The minimum atomic E-state index is -0.440. The van der Waals surface area contributed by atoms with Crippen LogP contribution in [0.2, 0.25) is 0 Å². The average molecular weight is 271 g/mol. The Balaban J connectivity index is 1.90. The van der Waals surface area contributed by atoms with Crippen molar-refractivity contribution in [3.63, 3.8) is 0 Å². The zero-order valence-electron chi connectivity index (χ0n) is 12.3. The summed E-state index contributed by atoms with van der Waals surface area (Å²) in [6.07, 6.45) is 0.681. The number of hydrogen-bond donors (Lipinski definition) is 0. The number of carbonyl (C=O) groups is 1. The third-order valence-electron chi connectivity index (χ3n) is 3.03. The number of hydrogen-bond acceptors (Lipinski definition) is 2. The Morgan fingerprint density at radius 2 is 2.00 bits per heavy atom. The monoisotopic (exact) mass is 271 g/mol. The lowest BCUT2D eigenvalue weighted by atomic mass is 10.1. The fraction of sp³-hybridized carbons (Fsp3) is 0.471. The average Bonchev–Trinajstić information content (AvgIpc) is 2.84. The van der Waals surface area contributed by atoms with Crippen LogP contribution in [-0.4, -0.2) is 29.7 Å². The van der Waals surface area contributed by atoms with Crippen molar-refractivity contribution in [1.29, 1.82) is 0 Å². The lowest BCUT2D eigenvalue weighted by Gasteiger charge is -2.24. The van der Waals surface area contributed by atoms with Crippen LogP contribution in [0.5, 0.6) is 0 Å². The second-order valence-corrected chi connectivity index (χ2v) is 6.05. The number of nitrogens with zero attached hydrogens (tertiary/aromatic N) is 1. The van der Waals surface area contributed by atoms with Gasteiger partial charge in [0.15, 0.2) is 0 Å². The van der Waals surface area contributed by atoms with Crippen LogP contribution in [0.1, 0.15) is 32.8 Å². The highest BCUT2D eigenvalue weighted by Crippen LogP contribution is 2.19. The van der Waals surface area contributed by atoms with Crippen LogP contribution in [0, 0.1) is 17.8 Å². The first-order valence-electron chi connectivity index (χ1n) is 6.98. The van der Waals surface area contributed by atoms with Crippen LogP contribution in [0.25, 0.3) is 0 Å². The summed E-state index contributed by atoms with van der Waals surface area (Å²) in [6, 6.07) is 9.92. The van der Waals surface area contributed by atoms with E-state index >= 15 is 0 Å². The van der Waals surface area contributed by atoms with Gasteiger partial charge in [0.2, 0.25) is 0 Å².